The SMILES string of the molecule is O=C(O)C[C@@H]1O[C@H](OCc2ccccc2)[C@H](OCc2ccccc2)[C@H]1OCc1ccccc1. The third-order valence-electron chi connectivity index (χ3n) is 5.47. The van der Waals surface area contributed by atoms with E-state index in [0.29, 0.717) is 19.8 Å². The monoisotopic (exact) mass is 448 g/mol. The fourth-order valence-electron chi connectivity index (χ4n) is 3.83. The number of rotatable bonds is 11. The van der Waals surface area contributed by atoms with Crippen molar-refractivity contribution in [1.29, 1.82) is 0 Å². The van der Waals surface area contributed by atoms with Crippen LogP contribution in [0.5, 0.6) is 0 Å². The predicted octanol–water partition coefficient (Wildman–Crippen LogP) is 4.57. The van der Waals surface area contributed by atoms with Gasteiger partial charge in [-0.2, -0.15) is 0 Å². The largest absolute Gasteiger partial charge is 0.481 e. The lowest BCUT2D eigenvalue weighted by Gasteiger charge is -2.25. The first-order chi connectivity index (χ1) is 16.2. The minimum atomic E-state index is -0.959. The maximum Gasteiger partial charge on any atom is 0.306 e. The highest BCUT2D eigenvalue weighted by molar-refractivity contribution is 5.67. The molecule has 6 nitrogen and oxygen atoms in total. The Hall–Kier alpha value is -3.03. The van der Waals surface area contributed by atoms with E-state index in [2.05, 4.69) is 0 Å². The molecule has 0 aromatic heterocycles. The van der Waals surface area contributed by atoms with Crippen LogP contribution in [-0.4, -0.2) is 35.7 Å². The van der Waals surface area contributed by atoms with Crippen molar-refractivity contribution in [3.63, 3.8) is 0 Å². The Morgan fingerprint density at radius 3 is 1.55 bits per heavy atom. The van der Waals surface area contributed by atoms with Crippen molar-refractivity contribution in [2.45, 2.75) is 50.8 Å². The fourth-order valence-corrected chi connectivity index (χ4v) is 3.83. The van der Waals surface area contributed by atoms with Crippen molar-refractivity contribution in [1.82, 2.24) is 0 Å². The molecule has 0 saturated carbocycles. The molecule has 0 amide bonds. The molecule has 1 heterocycles. The number of carbonyl (C=O) groups is 1. The molecule has 1 N–H and O–H groups in total. The van der Waals surface area contributed by atoms with Crippen molar-refractivity contribution in [2.75, 3.05) is 0 Å². The predicted molar refractivity (Wildman–Crippen MR) is 122 cm³/mol. The van der Waals surface area contributed by atoms with Crippen molar-refractivity contribution in [2.24, 2.45) is 0 Å². The van der Waals surface area contributed by atoms with Gasteiger partial charge in [-0.15, -0.1) is 0 Å². The Balaban J connectivity index is 1.51. The Bertz CT molecular complexity index is 979. The zero-order chi connectivity index (χ0) is 22.9. The van der Waals surface area contributed by atoms with Crippen LogP contribution in [0, 0.1) is 0 Å². The molecule has 0 unspecified atom stereocenters. The molecule has 6 heteroatoms. The van der Waals surface area contributed by atoms with E-state index < -0.39 is 30.6 Å². The summed E-state index contributed by atoms with van der Waals surface area (Å²) in [6, 6.07) is 29.3. The average Bonchev–Trinajstić information content (AvgIpc) is 3.17. The second-order valence-corrected chi connectivity index (χ2v) is 7.96. The number of carboxylic acid groups (broad SMARTS) is 1. The van der Waals surface area contributed by atoms with E-state index >= 15 is 0 Å². The van der Waals surface area contributed by atoms with Gasteiger partial charge in [0.1, 0.15) is 18.3 Å². The lowest BCUT2D eigenvalue weighted by atomic mass is 10.1. The van der Waals surface area contributed by atoms with E-state index in [0.717, 1.165) is 16.7 Å². The summed E-state index contributed by atoms with van der Waals surface area (Å²) in [4.78, 5) is 11.5. The van der Waals surface area contributed by atoms with Gasteiger partial charge in [-0.25, -0.2) is 0 Å². The van der Waals surface area contributed by atoms with E-state index in [9.17, 15) is 9.90 Å². The van der Waals surface area contributed by atoms with Crippen LogP contribution in [-0.2, 0) is 43.6 Å². The number of carboxylic acids is 1. The highest BCUT2D eigenvalue weighted by Crippen LogP contribution is 2.31. The van der Waals surface area contributed by atoms with Crippen molar-refractivity contribution >= 4 is 5.97 Å². The smallest absolute Gasteiger partial charge is 0.306 e. The van der Waals surface area contributed by atoms with E-state index in [1.807, 2.05) is 91.0 Å². The highest BCUT2D eigenvalue weighted by atomic mass is 16.7. The van der Waals surface area contributed by atoms with Crippen LogP contribution in [0.4, 0.5) is 0 Å². The van der Waals surface area contributed by atoms with Crippen LogP contribution in [0.25, 0.3) is 0 Å². The van der Waals surface area contributed by atoms with Gasteiger partial charge in [0.2, 0.25) is 0 Å². The molecule has 0 spiro atoms. The summed E-state index contributed by atoms with van der Waals surface area (Å²) >= 11 is 0. The normalized spacial score (nSPS) is 22.3. The molecule has 1 fully saturated rings. The summed E-state index contributed by atoms with van der Waals surface area (Å²) in [6.07, 6.45) is -2.81. The first-order valence-electron chi connectivity index (χ1n) is 11.0. The van der Waals surface area contributed by atoms with Crippen LogP contribution in [0.15, 0.2) is 91.0 Å². The van der Waals surface area contributed by atoms with Gasteiger partial charge >= 0.3 is 5.97 Å². The zero-order valence-corrected chi connectivity index (χ0v) is 18.3. The highest BCUT2D eigenvalue weighted by Gasteiger charge is 2.47. The molecule has 3 aromatic carbocycles. The third-order valence-corrected chi connectivity index (χ3v) is 5.47. The molecule has 1 aliphatic rings. The van der Waals surface area contributed by atoms with Gasteiger partial charge in [0, 0.05) is 0 Å². The van der Waals surface area contributed by atoms with E-state index in [1.165, 1.54) is 0 Å². The molecule has 3 aromatic rings. The first kappa shape index (κ1) is 23.1. The topological polar surface area (TPSA) is 74.2 Å². The lowest BCUT2D eigenvalue weighted by molar-refractivity contribution is -0.188. The fraction of sp³-hybridized carbons (Fsp3) is 0.296. The van der Waals surface area contributed by atoms with E-state index in [-0.39, 0.29) is 6.42 Å². The summed E-state index contributed by atoms with van der Waals surface area (Å²) < 4.78 is 24.5. The minimum absolute atomic E-state index is 0.199. The Morgan fingerprint density at radius 2 is 1.09 bits per heavy atom. The maximum atomic E-state index is 11.5. The molecule has 0 bridgehead atoms. The summed E-state index contributed by atoms with van der Waals surface area (Å²) in [7, 11) is 0. The van der Waals surface area contributed by atoms with Crippen LogP contribution < -0.4 is 0 Å². The molecule has 1 saturated heterocycles. The molecular formula is C27H28O6. The Labute approximate surface area is 193 Å². The summed E-state index contributed by atoms with van der Waals surface area (Å²) in [6.45, 7) is 0.981. The molecule has 33 heavy (non-hydrogen) atoms. The molecular weight excluding hydrogens is 420 g/mol. The van der Waals surface area contributed by atoms with Gasteiger partial charge in [0.15, 0.2) is 6.29 Å². The summed E-state index contributed by atoms with van der Waals surface area (Å²) in [5.74, 6) is -0.959. The standard InChI is InChI=1S/C27H28O6/c28-24(29)16-23-25(30-17-20-10-4-1-5-11-20)26(31-18-21-12-6-2-7-13-21)27(33-23)32-19-22-14-8-3-9-15-22/h1-15,23,25-27H,16-19H2,(H,28,29)/t23-,25-,26+,27-/m0/s1. The molecule has 4 atom stereocenters. The summed E-state index contributed by atoms with van der Waals surface area (Å²) in [5, 5.41) is 9.45. The number of benzene rings is 3. The second-order valence-electron chi connectivity index (χ2n) is 7.96. The maximum absolute atomic E-state index is 11.5. The minimum Gasteiger partial charge on any atom is -0.481 e. The zero-order valence-electron chi connectivity index (χ0n) is 18.3. The van der Waals surface area contributed by atoms with Crippen LogP contribution >= 0.6 is 0 Å². The van der Waals surface area contributed by atoms with Gasteiger partial charge in [-0.1, -0.05) is 91.0 Å². The number of aliphatic carboxylic acids is 1. The van der Waals surface area contributed by atoms with Crippen LogP contribution in [0.1, 0.15) is 23.1 Å². The van der Waals surface area contributed by atoms with Crippen molar-refractivity contribution in [3.05, 3.63) is 108 Å². The second kappa shape index (κ2) is 11.7. The number of ether oxygens (including phenoxy) is 4. The van der Waals surface area contributed by atoms with Crippen molar-refractivity contribution < 1.29 is 28.8 Å². The van der Waals surface area contributed by atoms with E-state index in [1.54, 1.807) is 0 Å². The summed E-state index contributed by atoms with van der Waals surface area (Å²) in [5.41, 5.74) is 2.98. The van der Waals surface area contributed by atoms with Gasteiger partial charge < -0.3 is 24.1 Å². The van der Waals surface area contributed by atoms with E-state index in [4.69, 9.17) is 18.9 Å². The number of hydrogen-bond donors (Lipinski definition) is 1. The van der Waals surface area contributed by atoms with Crippen molar-refractivity contribution in [3.8, 4) is 0 Å². The van der Waals surface area contributed by atoms with Gasteiger partial charge in [-0.05, 0) is 16.7 Å². The van der Waals surface area contributed by atoms with Gasteiger partial charge in [0.25, 0.3) is 0 Å². The number of hydrogen-bond acceptors (Lipinski definition) is 5. The quantitative estimate of drug-likeness (QED) is 0.463. The molecule has 172 valence electrons. The molecule has 0 aliphatic carbocycles. The van der Waals surface area contributed by atoms with Crippen LogP contribution in [0.2, 0.25) is 0 Å². The van der Waals surface area contributed by atoms with Gasteiger partial charge in [-0.3, -0.25) is 4.79 Å². The molecule has 1 aliphatic heterocycles. The van der Waals surface area contributed by atoms with Gasteiger partial charge in [0.05, 0.1) is 26.2 Å². The Kier molecular flexibility index (Phi) is 8.22. The average molecular weight is 449 g/mol. The molecule has 0 radical (unpaired) electrons. The third kappa shape index (κ3) is 6.73. The van der Waals surface area contributed by atoms with Crippen LogP contribution in [0.3, 0.4) is 0 Å². The lowest BCUT2D eigenvalue weighted by Crippen LogP contribution is -2.39. The molecule has 4 rings (SSSR count). The Morgan fingerprint density at radius 1 is 0.667 bits per heavy atom. The first-order valence-corrected chi connectivity index (χ1v) is 11.0.